The lowest BCUT2D eigenvalue weighted by molar-refractivity contribution is 0.497. The van der Waals surface area contributed by atoms with Gasteiger partial charge in [-0.25, -0.2) is 17.8 Å². The summed E-state index contributed by atoms with van der Waals surface area (Å²) in [6, 6.07) is -0.210. The summed E-state index contributed by atoms with van der Waals surface area (Å²) in [7, 11) is -2.99. The third kappa shape index (κ3) is 2.84. The second kappa shape index (κ2) is 5.23. The Kier molecular flexibility index (Phi) is 3.54. The lowest BCUT2D eigenvalue weighted by Gasteiger charge is -2.09. The number of rotatable bonds is 3. The van der Waals surface area contributed by atoms with E-state index >= 15 is 0 Å². The topological polar surface area (TPSA) is 95.0 Å². The Balaban J connectivity index is 1.90. The molecule has 112 valence electrons. The Morgan fingerprint density at radius 2 is 2.14 bits per heavy atom. The first-order chi connectivity index (χ1) is 9.96. The van der Waals surface area contributed by atoms with Crippen LogP contribution in [0.15, 0.2) is 17.8 Å². The fourth-order valence-corrected chi connectivity index (χ4v) is 4.32. The fourth-order valence-electron chi connectivity index (χ4n) is 2.27. The summed E-state index contributed by atoms with van der Waals surface area (Å²) < 4.78 is 26.2. The Morgan fingerprint density at radius 1 is 1.43 bits per heavy atom. The molecule has 3 heterocycles. The van der Waals surface area contributed by atoms with E-state index in [2.05, 4.69) is 20.4 Å². The molecule has 1 saturated heterocycles. The summed E-state index contributed by atoms with van der Waals surface area (Å²) in [6.45, 7) is 1.80. The van der Waals surface area contributed by atoms with Gasteiger partial charge in [-0.3, -0.25) is 0 Å². The Bertz CT molecular complexity index is 780. The Morgan fingerprint density at radius 3 is 2.76 bits per heavy atom. The van der Waals surface area contributed by atoms with Gasteiger partial charge in [-0.05, 0) is 13.3 Å². The molecular formula is C11H13ClN6O2S. The number of hydrogen-bond acceptors (Lipinski definition) is 6. The number of aryl methyl sites for hydroxylation is 1. The maximum absolute atomic E-state index is 11.6. The van der Waals surface area contributed by atoms with Gasteiger partial charge in [0.25, 0.3) is 0 Å². The molecule has 0 radical (unpaired) electrons. The predicted octanol–water partition coefficient (Wildman–Crippen LogP) is 0.678. The van der Waals surface area contributed by atoms with E-state index in [1.807, 2.05) is 0 Å². The molecule has 10 heteroatoms. The van der Waals surface area contributed by atoms with Crippen molar-refractivity contribution >= 4 is 27.7 Å². The largest absolute Gasteiger partial charge is 0.249 e. The van der Waals surface area contributed by atoms with Gasteiger partial charge in [0.1, 0.15) is 17.8 Å². The van der Waals surface area contributed by atoms with Gasteiger partial charge in [0, 0.05) is 0 Å². The second-order valence-corrected chi connectivity index (χ2v) is 7.46. The van der Waals surface area contributed by atoms with Crippen LogP contribution < -0.4 is 0 Å². The molecule has 2 aromatic heterocycles. The molecular weight excluding hydrogens is 316 g/mol. The maximum Gasteiger partial charge on any atom is 0.152 e. The van der Waals surface area contributed by atoms with Crippen molar-refractivity contribution in [1.29, 1.82) is 0 Å². The first kappa shape index (κ1) is 14.2. The summed E-state index contributed by atoms with van der Waals surface area (Å²) in [4.78, 5) is 0. The first-order valence-electron chi connectivity index (χ1n) is 6.30. The zero-order valence-corrected chi connectivity index (χ0v) is 12.8. The van der Waals surface area contributed by atoms with Gasteiger partial charge in [0.15, 0.2) is 9.84 Å². The van der Waals surface area contributed by atoms with Crippen molar-refractivity contribution in [3.8, 4) is 0 Å². The smallest absolute Gasteiger partial charge is 0.152 e. The van der Waals surface area contributed by atoms with Crippen molar-refractivity contribution in [3.05, 3.63) is 29.1 Å². The molecule has 3 rings (SSSR count). The van der Waals surface area contributed by atoms with Crippen LogP contribution in [0.1, 0.15) is 23.7 Å². The average Bonchev–Trinajstić information content (AvgIpc) is 3.10. The van der Waals surface area contributed by atoms with Gasteiger partial charge in [0.2, 0.25) is 0 Å². The summed E-state index contributed by atoms with van der Waals surface area (Å²) in [5.74, 6) is 0.257. The van der Waals surface area contributed by atoms with Crippen LogP contribution in [0.25, 0.3) is 0 Å². The SMILES string of the molecule is Cc1nn([C@H]2CCS(=O)(=O)C2)c(Cl)c1C=Nn1cnnc1. The van der Waals surface area contributed by atoms with E-state index < -0.39 is 9.84 Å². The normalized spacial score (nSPS) is 21.3. The second-order valence-electron chi connectivity index (χ2n) is 4.88. The molecule has 1 fully saturated rings. The molecule has 2 aromatic rings. The van der Waals surface area contributed by atoms with Gasteiger partial charge in [-0.2, -0.15) is 10.2 Å². The lowest BCUT2D eigenvalue weighted by Crippen LogP contribution is -2.12. The van der Waals surface area contributed by atoms with Crippen LogP contribution in [-0.4, -0.2) is 50.8 Å². The van der Waals surface area contributed by atoms with Crippen LogP contribution in [0, 0.1) is 6.92 Å². The van der Waals surface area contributed by atoms with E-state index in [-0.39, 0.29) is 17.5 Å². The van der Waals surface area contributed by atoms with Gasteiger partial charge < -0.3 is 0 Å². The summed E-state index contributed by atoms with van der Waals surface area (Å²) in [6.07, 6.45) is 5.00. The molecule has 21 heavy (non-hydrogen) atoms. The predicted molar refractivity (Wildman–Crippen MR) is 77.3 cm³/mol. The molecule has 0 spiro atoms. The maximum atomic E-state index is 11.6. The van der Waals surface area contributed by atoms with E-state index in [1.54, 1.807) is 17.8 Å². The van der Waals surface area contributed by atoms with Crippen LogP contribution in [0.4, 0.5) is 0 Å². The standard InChI is InChI=1S/C11H13ClN6O2S/c1-8-10(4-15-17-6-13-14-7-17)11(12)18(16-8)9-2-3-21(19,20)5-9/h4,6-7,9H,2-3,5H2,1H3/t9-/m0/s1. The minimum Gasteiger partial charge on any atom is -0.249 e. The minimum atomic E-state index is -2.99. The molecule has 8 nitrogen and oxygen atoms in total. The first-order valence-corrected chi connectivity index (χ1v) is 8.50. The third-order valence-corrected chi connectivity index (χ3v) is 5.48. The molecule has 1 aliphatic rings. The Labute approximate surface area is 126 Å². The number of sulfone groups is 1. The third-order valence-electron chi connectivity index (χ3n) is 3.35. The van der Waals surface area contributed by atoms with Crippen LogP contribution in [0.2, 0.25) is 5.15 Å². The van der Waals surface area contributed by atoms with Crippen LogP contribution in [-0.2, 0) is 9.84 Å². The van der Waals surface area contributed by atoms with Crippen molar-refractivity contribution in [3.63, 3.8) is 0 Å². The monoisotopic (exact) mass is 328 g/mol. The number of hydrogen-bond donors (Lipinski definition) is 0. The van der Waals surface area contributed by atoms with Crippen molar-refractivity contribution in [2.45, 2.75) is 19.4 Å². The van der Waals surface area contributed by atoms with Gasteiger partial charge in [-0.1, -0.05) is 11.6 Å². The molecule has 0 aliphatic carbocycles. The minimum absolute atomic E-state index is 0.0792. The molecule has 0 aromatic carbocycles. The van der Waals surface area contributed by atoms with E-state index in [4.69, 9.17) is 11.6 Å². The highest BCUT2D eigenvalue weighted by Gasteiger charge is 2.31. The quantitative estimate of drug-likeness (QED) is 0.772. The summed E-state index contributed by atoms with van der Waals surface area (Å²) in [5, 5.41) is 16.2. The van der Waals surface area contributed by atoms with Gasteiger partial charge >= 0.3 is 0 Å². The van der Waals surface area contributed by atoms with Crippen LogP contribution in [0.5, 0.6) is 0 Å². The van der Waals surface area contributed by atoms with E-state index in [1.165, 1.54) is 17.3 Å². The number of halogens is 1. The molecule has 0 unspecified atom stereocenters. The lowest BCUT2D eigenvalue weighted by atomic mass is 10.2. The summed E-state index contributed by atoms with van der Waals surface area (Å²) >= 11 is 6.32. The van der Waals surface area contributed by atoms with E-state index in [0.717, 1.165) is 0 Å². The summed E-state index contributed by atoms with van der Waals surface area (Å²) in [5.41, 5.74) is 1.36. The Hall–Kier alpha value is -1.74. The molecule has 0 N–H and O–H groups in total. The van der Waals surface area contributed by atoms with Crippen molar-refractivity contribution in [2.24, 2.45) is 5.10 Å². The van der Waals surface area contributed by atoms with E-state index in [0.29, 0.717) is 22.8 Å². The van der Waals surface area contributed by atoms with Crippen LogP contribution in [0.3, 0.4) is 0 Å². The van der Waals surface area contributed by atoms with Crippen molar-refractivity contribution in [1.82, 2.24) is 24.7 Å². The zero-order chi connectivity index (χ0) is 15.0. The van der Waals surface area contributed by atoms with Crippen molar-refractivity contribution < 1.29 is 8.42 Å². The van der Waals surface area contributed by atoms with Gasteiger partial charge in [0.05, 0.1) is 35.0 Å². The van der Waals surface area contributed by atoms with Gasteiger partial charge in [-0.15, -0.1) is 10.2 Å². The highest BCUT2D eigenvalue weighted by Crippen LogP contribution is 2.29. The molecule has 1 atom stereocenters. The average molecular weight is 329 g/mol. The van der Waals surface area contributed by atoms with E-state index in [9.17, 15) is 8.42 Å². The molecule has 0 amide bonds. The highest BCUT2D eigenvalue weighted by molar-refractivity contribution is 7.91. The molecule has 0 saturated carbocycles. The zero-order valence-electron chi connectivity index (χ0n) is 11.2. The van der Waals surface area contributed by atoms with Crippen LogP contribution >= 0.6 is 11.6 Å². The number of nitrogens with zero attached hydrogens (tertiary/aromatic N) is 6. The number of aromatic nitrogens is 5. The molecule has 0 bridgehead atoms. The fraction of sp³-hybridized carbons (Fsp3) is 0.455. The molecule has 1 aliphatic heterocycles. The van der Waals surface area contributed by atoms with Crippen molar-refractivity contribution in [2.75, 3.05) is 11.5 Å². The highest BCUT2D eigenvalue weighted by atomic mass is 35.5.